The molecule has 2 amide bonds. The van der Waals surface area contributed by atoms with Crippen LogP contribution in [0.15, 0.2) is 49.1 Å². The molecule has 3 aliphatic rings. The molecular weight excluding hydrogens is 592 g/mol. The van der Waals surface area contributed by atoms with Crippen molar-refractivity contribution in [1.82, 2.24) is 29.7 Å². The highest BCUT2D eigenvalue weighted by Gasteiger charge is 2.51. The van der Waals surface area contributed by atoms with Crippen LogP contribution in [0.5, 0.6) is 0 Å². The molecule has 0 radical (unpaired) electrons. The summed E-state index contributed by atoms with van der Waals surface area (Å²) < 4.78 is 13.2. The molecule has 1 saturated heterocycles. The molecule has 1 aliphatic heterocycles. The van der Waals surface area contributed by atoms with Crippen molar-refractivity contribution in [3.8, 4) is 0 Å². The van der Waals surface area contributed by atoms with Crippen LogP contribution in [0, 0.1) is 5.41 Å². The zero-order chi connectivity index (χ0) is 31.9. The summed E-state index contributed by atoms with van der Waals surface area (Å²) in [7, 11) is 3.51. The number of hydrogen-bond acceptors (Lipinski definition) is 7. The minimum atomic E-state index is -0.811. The number of aryl methyl sites for hydroxylation is 1. The first-order valence-corrected chi connectivity index (χ1v) is 15.8. The molecule has 2 fully saturated rings. The third-order valence-electron chi connectivity index (χ3n) is 8.87. The minimum Gasteiger partial charge on any atom is -0.449 e. The normalized spacial score (nSPS) is 19.9. The standard InChI is InChI=1S/C34H41ClN6O4/c1-33(2,3)20-45-32(43)41-15-13-40(14-16-41)30-24-9-8-23(35)18-25(24)26(17-22-7-6-12-37-28(22)30)29(27-19-36-21-39(27)4)38-31(42)34(44-5)10-11-34/h6-9,12,17-19,21,29-30H,10-11,13-16,20H2,1-5H3,(H,38,42)/t29-,30+/m1/s1. The number of carbonyl (C=O) groups excluding carboxylic acids is 2. The van der Waals surface area contributed by atoms with Gasteiger partial charge in [-0.25, -0.2) is 9.78 Å². The summed E-state index contributed by atoms with van der Waals surface area (Å²) in [5, 5.41) is 3.90. The maximum atomic E-state index is 13.6. The van der Waals surface area contributed by atoms with Crippen LogP contribution in [0.1, 0.15) is 73.8 Å². The van der Waals surface area contributed by atoms with Crippen LogP contribution in [-0.2, 0) is 21.3 Å². The fraction of sp³-hybridized carbons (Fsp3) is 0.471. The van der Waals surface area contributed by atoms with Gasteiger partial charge in [-0.3, -0.25) is 14.7 Å². The van der Waals surface area contributed by atoms with Gasteiger partial charge in [-0.05, 0) is 64.8 Å². The topological polar surface area (TPSA) is 102 Å². The van der Waals surface area contributed by atoms with Crippen LogP contribution < -0.4 is 5.32 Å². The highest BCUT2D eigenvalue weighted by Crippen LogP contribution is 2.45. The average molecular weight is 633 g/mol. The number of imidazole rings is 1. The van der Waals surface area contributed by atoms with E-state index in [-0.39, 0.29) is 23.5 Å². The van der Waals surface area contributed by atoms with Gasteiger partial charge < -0.3 is 24.3 Å². The summed E-state index contributed by atoms with van der Waals surface area (Å²) >= 11 is 6.69. The number of halogens is 1. The Labute approximate surface area is 269 Å². The second-order valence-electron chi connectivity index (χ2n) is 13.4. The summed E-state index contributed by atoms with van der Waals surface area (Å²) in [5.41, 5.74) is 4.62. The summed E-state index contributed by atoms with van der Waals surface area (Å²) in [5.74, 6) is -0.151. The van der Waals surface area contributed by atoms with Gasteiger partial charge in [0.15, 0.2) is 0 Å². The Morgan fingerprint density at radius 3 is 2.56 bits per heavy atom. The monoisotopic (exact) mass is 632 g/mol. The van der Waals surface area contributed by atoms with Crippen molar-refractivity contribution in [1.29, 1.82) is 0 Å². The number of benzene rings is 1. The van der Waals surface area contributed by atoms with Gasteiger partial charge in [0.05, 0.1) is 42.6 Å². The van der Waals surface area contributed by atoms with E-state index < -0.39 is 11.6 Å². The van der Waals surface area contributed by atoms with Crippen molar-refractivity contribution in [3.05, 3.63) is 82.2 Å². The van der Waals surface area contributed by atoms with Crippen molar-refractivity contribution in [2.45, 2.75) is 51.3 Å². The molecule has 0 bridgehead atoms. The summed E-state index contributed by atoms with van der Waals surface area (Å²) in [6, 6.07) is 9.19. The van der Waals surface area contributed by atoms with Crippen LogP contribution in [-0.4, -0.2) is 81.8 Å². The van der Waals surface area contributed by atoms with E-state index in [0.29, 0.717) is 50.7 Å². The Balaban J connectivity index is 1.38. The fourth-order valence-electron chi connectivity index (χ4n) is 6.19. The van der Waals surface area contributed by atoms with Crippen LogP contribution in [0.3, 0.4) is 0 Å². The molecule has 45 heavy (non-hydrogen) atoms. The molecular formula is C34H41ClN6O4. The maximum Gasteiger partial charge on any atom is 0.409 e. The van der Waals surface area contributed by atoms with Crippen molar-refractivity contribution < 1.29 is 19.1 Å². The number of nitrogens with zero attached hydrogens (tertiary/aromatic N) is 5. The number of carbonyl (C=O) groups is 2. The van der Waals surface area contributed by atoms with E-state index in [2.05, 4.69) is 33.4 Å². The van der Waals surface area contributed by atoms with E-state index in [1.165, 1.54) is 0 Å². The van der Waals surface area contributed by atoms with Gasteiger partial charge >= 0.3 is 6.09 Å². The number of aromatic nitrogens is 3. The fourth-order valence-corrected chi connectivity index (χ4v) is 6.36. The first-order valence-electron chi connectivity index (χ1n) is 15.4. The van der Waals surface area contributed by atoms with Gasteiger partial charge in [0, 0.05) is 51.6 Å². The lowest BCUT2D eigenvalue weighted by atomic mass is 9.89. The van der Waals surface area contributed by atoms with Crippen LogP contribution >= 0.6 is 11.6 Å². The molecule has 0 spiro atoms. The summed E-state index contributed by atoms with van der Waals surface area (Å²) in [4.78, 5) is 40.0. The van der Waals surface area contributed by atoms with Gasteiger partial charge in [-0.2, -0.15) is 0 Å². The molecule has 2 aliphatic carbocycles. The second kappa shape index (κ2) is 12.2. The number of fused-ring (bicyclic) bond motifs is 2. The number of ether oxygens (including phenoxy) is 2. The molecule has 6 rings (SSSR count). The lowest BCUT2D eigenvalue weighted by Gasteiger charge is -2.39. The molecule has 238 valence electrons. The largest absolute Gasteiger partial charge is 0.449 e. The Hall–Kier alpha value is -3.73. The predicted molar refractivity (Wildman–Crippen MR) is 172 cm³/mol. The molecule has 10 nitrogen and oxygen atoms in total. The van der Waals surface area contributed by atoms with Crippen molar-refractivity contribution in [2.24, 2.45) is 12.5 Å². The SMILES string of the molecule is COC1(C(=O)N[C@H](C2=Cc3cccnc3[C@@H](N3CCN(C(=O)OCC(C)(C)C)CC3)c3ccc(Cl)cc32)c2cncn2C)CC1. The maximum absolute atomic E-state index is 13.6. The summed E-state index contributed by atoms with van der Waals surface area (Å²) in [6.07, 6.45) is 8.53. The van der Waals surface area contributed by atoms with E-state index in [9.17, 15) is 9.59 Å². The lowest BCUT2D eigenvalue weighted by Crippen LogP contribution is -2.50. The summed E-state index contributed by atoms with van der Waals surface area (Å²) in [6.45, 7) is 8.87. The van der Waals surface area contributed by atoms with Gasteiger partial charge in [-0.15, -0.1) is 0 Å². The van der Waals surface area contributed by atoms with Crippen molar-refractivity contribution in [3.63, 3.8) is 0 Å². The smallest absolute Gasteiger partial charge is 0.409 e. The molecule has 1 aromatic carbocycles. The Bertz CT molecular complexity index is 1620. The minimum absolute atomic E-state index is 0.0987. The van der Waals surface area contributed by atoms with Gasteiger partial charge in [-0.1, -0.05) is 44.5 Å². The number of hydrogen-bond donors (Lipinski definition) is 1. The molecule has 3 heterocycles. The second-order valence-corrected chi connectivity index (χ2v) is 13.8. The molecule has 11 heteroatoms. The van der Waals surface area contributed by atoms with E-state index in [1.54, 1.807) is 24.5 Å². The number of rotatable bonds is 7. The molecule has 2 atom stereocenters. The molecule has 3 aromatic rings. The molecule has 1 saturated carbocycles. The molecule has 0 unspecified atom stereocenters. The zero-order valence-corrected chi connectivity index (χ0v) is 27.3. The highest BCUT2D eigenvalue weighted by molar-refractivity contribution is 6.30. The van der Waals surface area contributed by atoms with Crippen LogP contribution in [0.2, 0.25) is 5.02 Å². The van der Waals surface area contributed by atoms with E-state index in [1.807, 2.05) is 56.8 Å². The van der Waals surface area contributed by atoms with Crippen molar-refractivity contribution in [2.75, 3.05) is 39.9 Å². The Morgan fingerprint density at radius 2 is 1.91 bits per heavy atom. The average Bonchev–Trinajstić information content (AvgIpc) is 3.74. The third kappa shape index (κ3) is 6.36. The third-order valence-corrected chi connectivity index (χ3v) is 9.11. The van der Waals surface area contributed by atoms with E-state index in [0.717, 1.165) is 33.7 Å². The molecule has 1 N–H and O–H groups in total. The van der Waals surface area contributed by atoms with Gasteiger partial charge in [0.25, 0.3) is 5.91 Å². The lowest BCUT2D eigenvalue weighted by molar-refractivity contribution is -0.134. The first-order chi connectivity index (χ1) is 21.5. The van der Waals surface area contributed by atoms with Gasteiger partial charge in [0.1, 0.15) is 5.60 Å². The number of amides is 2. The number of methoxy groups -OCH3 is 1. The molecule has 2 aromatic heterocycles. The zero-order valence-electron chi connectivity index (χ0n) is 26.5. The van der Waals surface area contributed by atoms with E-state index >= 15 is 0 Å². The van der Waals surface area contributed by atoms with Gasteiger partial charge in [0.2, 0.25) is 0 Å². The first kappa shape index (κ1) is 31.3. The number of nitrogens with one attached hydrogen (secondary N) is 1. The van der Waals surface area contributed by atoms with Crippen LogP contribution in [0.25, 0.3) is 11.6 Å². The van der Waals surface area contributed by atoms with E-state index in [4.69, 9.17) is 26.1 Å². The highest BCUT2D eigenvalue weighted by atomic mass is 35.5. The Kier molecular flexibility index (Phi) is 8.49. The quantitative estimate of drug-likeness (QED) is 0.380. The number of pyridine rings is 1. The van der Waals surface area contributed by atoms with Crippen LogP contribution in [0.4, 0.5) is 4.79 Å². The predicted octanol–water partition coefficient (Wildman–Crippen LogP) is 5.25. The number of piperazine rings is 1. The van der Waals surface area contributed by atoms with Crippen molar-refractivity contribution >= 4 is 35.3 Å². The Morgan fingerprint density at radius 1 is 1.16 bits per heavy atom.